The van der Waals surface area contributed by atoms with Gasteiger partial charge in [-0.2, -0.15) is 0 Å². The third kappa shape index (κ3) is 3.45. The lowest BCUT2D eigenvalue weighted by Gasteiger charge is -2.34. The van der Waals surface area contributed by atoms with E-state index in [9.17, 15) is 13.2 Å². The van der Waals surface area contributed by atoms with Crippen molar-refractivity contribution in [2.24, 2.45) is 0 Å². The Bertz CT molecular complexity index is 905. The summed E-state index contributed by atoms with van der Waals surface area (Å²) in [6.45, 7) is 2.26. The average molecular weight is 391 g/mol. The minimum Gasteiger partial charge on any atom is -0.381 e. The van der Waals surface area contributed by atoms with E-state index in [1.807, 2.05) is 6.92 Å². The van der Waals surface area contributed by atoms with Crippen LogP contribution >= 0.6 is 0 Å². The molecule has 1 aromatic heterocycles. The minimum absolute atomic E-state index is 0.00179. The first kappa shape index (κ1) is 19.4. The lowest BCUT2D eigenvalue weighted by Crippen LogP contribution is -2.54. The van der Waals surface area contributed by atoms with Gasteiger partial charge in [0.25, 0.3) is 5.91 Å². The molecule has 144 valence electrons. The molecule has 2 heterocycles. The number of carbonyl (C=O) groups excluding carboxylic acids is 1. The quantitative estimate of drug-likeness (QED) is 0.586. The molecule has 0 radical (unpaired) electrons. The molecular weight excluding hydrogens is 370 g/mol. The molecule has 1 saturated heterocycles. The third-order valence-corrected chi connectivity index (χ3v) is 7.38. The van der Waals surface area contributed by atoms with Gasteiger partial charge in [-0.05, 0) is 49.1 Å². The van der Waals surface area contributed by atoms with Crippen LogP contribution in [0.1, 0.15) is 25.3 Å². The van der Waals surface area contributed by atoms with Gasteiger partial charge in [0.1, 0.15) is 0 Å². The zero-order chi connectivity index (χ0) is 19.5. The lowest BCUT2D eigenvalue weighted by molar-refractivity contribution is -0.134. The maximum Gasteiger partial charge on any atom is 0.265 e. The van der Waals surface area contributed by atoms with Crippen LogP contribution < -0.4 is 5.48 Å². The molecule has 0 aliphatic carbocycles. The van der Waals surface area contributed by atoms with Crippen molar-refractivity contribution < 1.29 is 23.2 Å². The number of hydroxylamine groups is 1. The highest BCUT2D eigenvalue weighted by Crippen LogP contribution is 2.35. The highest BCUT2D eigenvalue weighted by Gasteiger charge is 2.52. The van der Waals surface area contributed by atoms with E-state index in [1.54, 1.807) is 24.5 Å². The van der Waals surface area contributed by atoms with E-state index in [1.165, 1.54) is 17.6 Å². The molecule has 0 spiro atoms. The maximum atomic E-state index is 13.2. The summed E-state index contributed by atoms with van der Waals surface area (Å²) in [6, 6.07) is 6.09. The van der Waals surface area contributed by atoms with Crippen molar-refractivity contribution in [1.29, 1.82) is 0 Å². The van der Waals surface area contributed by atoms with E-state index in [4.69, 9.17) is 9.94 Å². The Morgan fingerprint density at radius 3 is 2.30 bits per heavy atom. The summed E-state index contributed by atoms with van der Waals surface area (Å²) in [5.74, 6) is -0.446. The summed E-state index contributed by atoms with van der Waals surface area (Å²) in [6.07, 6.45) is 4.25. The average Bonchev–Trinajstić information content (AvgIpc) is 2.73. The van der Waals surface area contributed by atoms with Crippen molar-refractivity contribution in [2.45, 2.75) is 35.8 Å². The zero-order valence-electron chi connectivity index (χ0n) is 14.9. The molecule has 3 rings (SSSR count). The molecular formula is C18H21N3O5S. The SMILES string of the molecule is CCc1cnc(-c2ccc(S(=O)(=O)C3(C(=O)NO)CCOCC3)cc2)nc1. The van der Waals surface area contributed by atoms with E-state index >= 15 is 0 Å². The van der Waals surface area contributed by atoms with Crippen LogP contribution in [0, 0.1) is 0 Å². The monoisotopic (exact) mass is 391 g/mol. The fraction of sp³-hybridized carbons (Fsp3) is 0.389. The Morgan fingerprint density at radius 1 is 1.19 bits per heavy atom. The summed E-state index contributed by atoms with van der Waals surface area (Å²) >= 11 is 0. The number of hydrogen-bond acceptors (Lipinski definition) is 7. The molecule has 1 aliphatic heterocycles. The number of carbonyl (C=O) groups is 1. The molecule has 2 N–H and O–H groups in total. The number of amides is 1. The Morgan fingerprint density at radius 2 is 1.78 bits per heavy atom. The molecule has 1 fully saturated rings. The standard InChI is InChI=1S/C18H21N3O5S/c1-2-13-11-19-16(20-12-13)14-3-5-15(6-4-14)27(24,25)18(17(22)21-23)7-9-26-10-8-18/h3-6,11-12,23H,2,7-10H2,1H3,(H,21,22). The van der Waals surface area contributed by atoms with Crippen LogP contribution in [0.25, 0.3) is 11.4 Å². The summed E-state index contributed by atoms with van der Waals surface area (Å²) in [5, 5.41) is 9.08. The van der Waals surface area contributed by atoms with Gasteiger partial charge in [0.15, 0.2) is 20.4 Å². The number of hydrogen-bond donors (Lipinski definition) is 2. The smallest absolute Gasteiger partial charge is 0.265 e. The predicted octanol–water partition coefficient (Wildman–Crippen LogP) is 1.53. The van der Waals surface area contributed by atoms with Crippen LogP contribution in [0.4, 0.5) is 0 Å². The van der Waals surface area contributed by atoms with E-state index in [0.717, 1.165) is 12.0 Å². The summed E-state index contributed by atoms with van der Waals surface area (Å²) in [5.41, 5.74) is 3.19. The number of ether oxygens (including phenoxy) is 1. The number of sulfone groups is 1. The molecule has 0 saturated carbocycles. The highest BCUT2D eigenvalue weighted by molar-refractivity contribution is 7.93. The molecule has 1 amide bonds. The van der Waals surface area contributed by atoms with Crippen molar-refractivity contribution in [3.63, 3.8) is 0 Å². The first-order chi connectivity index (χ1) is 12.9. The number of aromatic nitrogens is 2. The van der Waals surface area contributed by atoms with Crippen LogP contribution in [0.5, 0.6) is 0 Å². The van der Waals surface area contributed by atoms with Crippen molar-refractivity contribution in [3.8, 4) is 11.4 Å². The largest absolute Gasteiger partial charge is 0.381 e. The fourth-order valence-corrected chi connectivity index (χ4v) is 5.06. The first-order valence-corrected chi connectivity index (χ1v) is 10.1. The molecule has 2 aromatic rings. The van der Waals surface area contributed by atoms with Gasteiger partial charge in [-0.15, -0.1) is 0 Å². The summed E-state index contributed by atoms with van der Waals surface area (Å²) < 4.78 is 29.8. The Labute approximate surface area is 157 Å². The fourth-order valence-electron chi connectivity index (χ4n) is 3.12. The number of nitrogens with zero attached hydrogens (tertiary/aromatic N) is 2. The topological polar surface area (TPSA) is 118 Å². The van der Waals surface area contributed by atoms with E-state index in [2.05, 4.69) is 9.97 Å². The van der Waals surface area contributed by atoms with Crippen LogP contribution in [0.15, 0.2) is 41.6 Å². The number of nitrogens with one attached hydrogen (secondary N) is 1. The Hall–Kier alpha value is -2.36. The van der Waals surface area contributed by atoms with Gasteiger partial charge in [0, 0.05) is 31.2 Å². The Balaban J connectivity index is 1.95. The first-order valence-electron chi connectivity index (χ1n) is 8.63. The van der Waals surface area contributed by atoms with Gasteiger partial charge < -0.3 is 4.74 Å². The second kappa shape index (κ2) is 7.71. The van der Waals surface area contributed by atoms with E-state index < -0.39 is 20.5 Å². The van der Waals surface area contributed by atoms with Gasteiger partial charge >= 0.3 is 0 Å². The van der Waals surface area contributed by atoms with Crippen molar-refractivity contribution in [3.05, 3.63) is 42.2 Å². The van der Waals surface area contributed by atoms with Gasteiger partial charge in [0.2, 0.25) is 0 Å². The Kier molecular flexibility index (Phi) is 5.54. The normalized spacial score (nSPS) is 16.7. The van der Waals surface area contributed by atoms with Gasteiger partial charge in [-0.3, -0.25) is 10.0 Å². The summed E-state index contributed by atoms with van der Waals surface area (Å²) in [4.78, 5) is 20.8. The predicted molar refractivity (Wildman–Crippen MR) is 96.7 cm³/mol. The maximum absolute atomic E-state index is 13.2. The minimum atomic E-state index is -4.04. The molecule has 9 heteroatoms. The third-order valence-electron chi connectivity index (χ3n) is 4.87. The number of rotatable bonds is 5. The molecule has 1 aromatic carbocycles. The second-order valence-electron chi connectivity index (χ2n) is 6.34. The van der Waals surface area contributed by atoms with Crippen LogP contribution in [0.3, 0.4) is 0 Å². The van der Waals surface area contributed by atoms with Gasteiger partial charge in [-0.25, -0.2) is 23.9 Å². The summed E-state index contributed by atoms with van der Waals surface area (Å²) in [7, 11) is -4.04. The molecule has 0 unspecified atom stereocenters. The van der Waals surface area contributed by atoms with Crippen molar-refractivity contribution in [1.82, 2.24) is 15.4 Å². The van der Waals surface area contributed by atoms with Crippen molar-refractivity contribution in [2.75, 3.05) is 13.2 Å². The van der Waals surface area contributed by atoms with Gasteiger partial charge in [0.05, 0.1) is 4.90 Å². The molecule has 0 bridgehead atoms. The van der Waals surface area contributed by atoms with Crippen LogP contribution in [-0.4, -0.2) is 47.5 Å². The highest BCUT2D eigenvalue weighted by atomic mass is 32.2. The molecule has 8 nitrogen and oxygen atoms in total. The van der Waals surface area contributed by atoms with Crippen LogP contribution in [-0.2, 0) is 25.8 Å². The van der Waals surface area contributed by atoms with Gasteiger partial charge in [-0.1, -0.05) is 6.92 Å². The van der Waals surface area contributed by atoms with Crippen molar-refractivity contribution >= 4 is 15.7 Å². The molecule has 0 atom stereocenters. The lowest BCUT2D eigenvalue weighted by atomic mass is 9.98. The van der Waals surface area contributed by atoms with E-state index in [0.29, 0.717) is 11.4 Å². The van der Waals surface area contributed by atoms with Crippen LogP contribution in [0.2, 0.25) is 0 Å². The van der Waals surface area contributed by atoms with E-state index in [-0.39, 0.29) is 31.0 Å². The number of benzene rings is 1. The molecule has 1 aliphatic rings. The zero-order valence-corrected chi connectivity index (χ0v) is 15.7. The second-order valence-corrected chi connectivity index (χ2v) is 8.60. The molecule has 27 heavy (non-hydrogen) atoms. The number of aryl methyl sites for hydroxylation is 1.